The van der Waals surface area contributed by atoms with Crippen LogP contribution in [0.15, 0.2) is 28.0 Å². The average Bonchev–Trinajstić information content (AvgIpc) is 3.06. The van der Waals surface area contributed by atoms with Gasteiger partial charge in [-0.25, -0.2) is 17.4 Å². The molecule has 2 aromatic rings. The van der Waals surface area contributed by atoms with Gasteiger partial charge in [-0.15, -0.1) is 0 Å². The Balaban J connectivity index is 1.74. The lowest BCUT2D eigenvalue weighted by Gasteiger charge is -2.20. The SMILES string of the molecule is Cc1cc(CC(=NO)c2nonc2CC2CCS(=O)(=O)CC2)ccc1F. The summed E-state index contributed by atoms with van der Waals surface area (Å²) in [4.78, 5) is 0. The largest absolute Gasteiger partial charge is 0.411 e. The van der Waals surface area contributed by atoms with E-state index < -0.39 is 9.84 Å². The molecule has 7 nitrogen and oxygen atoms in total. The molecular weight excluding hydrogens is 361 g/mol. The van der Waals surface area contributed by atoms with Crippen LogP contribution in [0.3, 0.4) is 0 Å². The summed E-state index contributed by atoms with van der Waals surface area (Å²) in [5, 5.41) is 20.5. The number of aryl methyl sites for hydroxylation is 1. The first kappa shape index (κ1) is 18.5. The lowest BCUT2D eigenvalue weighted by Crippen LogP contribution is -2.25. The number of hydrogen-bond acceptors (Lipinski definition) is 7. The Hall–Kier alpha value is -2.29. The fourth-order valence-electron chi connectivity index (χ4n) is 3.15. The molecule has 0 saturated carbocycles. The smallest absolute Gasteiger partial charge is 0.156 e. The molecule has 1 aliphatic rings. The zero-order valence-corrected chi connectivity index (χ0v) is 15.2. The topological polar surface area (TPSA) is 106 Å². The van der Waals surface area contributed by atoms with Crippen LogP contribution in [0.1, 0.15) is 35.4 Å². The molecule has 3 rings (SSSR count). The predicted molar refractivity (Wildman–Crippen MR) is 92.5 cm³/mol. The Morgan fingerprint density at radius 2 is 2.08 bits per heavy atom. The van der Waals surface area contributed by atoms with Crippen molar-refractivity contribution in [3.8, 4) is 0 Å². The molecule has 26 heavy (non-hydrogen) atoms. The third-order valence-electron chi connectivity index (χ3n) is 4.70. The fourth-order valence-corrected chi connectivity index (χ4v) is 4.74. The molecule has 0 aliphatic carbocycles. The summed E-state index contributed by atoms with van der Waals surface area (Å²) in [6, 6.07) is 4.66. The van der Waals surface area contributed by atoms with E-state index in [1.165, 1.54) is 6.07 Å². The maximum absolute atomic E-state index is 13.4. The van der Waals surface area contributed by atoms with Crippen molar-refractivity contribution in [2.45, 2.75) is 32.6 Å². The van der Waals surface area contributed by atoms with Crippen LogP contribution in [0, 0.1) is 18.7 Å². The van der Waals surface area contributed by atoms with Gasteiger partial charge >= 0.3 is 0 Å². The van der Waals surface area contributed by atoms with Crippen LogP contribution in [0.2, 0.25) is 0 Å². The monoisotopic (exact) mass is 381 g/mol. The number of sulfone groups is 1. The van der Waals surface area contributed by atoms with E-state index in [4.69, 9.17) is 4.63 Å². The van der Waals surface area contributed by atoms with Gasteiger partial charge in [-0.2, -0.15) is 0 Å². The molecule has 1 N–H and O–H groups in total. The lowest BCUT2D eigenvalue weighted by atomic mass is 9.94. The first-order chi connectivity index (χ1) is 12.4. The summed E-state index contributed by atoms with van der Waals surface area (Å²) in [6.45, 7) is 1.66. The third kappa shape index (κ3) is 4.27. The minimum absolute atomic E-state index is 0.164. The zero-order valence-electron chi connectivity index (χ0n) is 14.4. The highest BCUT2D eigenvalue weighted by atomic mass is 32.2. The van der Waals surface area contributed by atoms with Crippen molar-refractivity contribution in [3.63, 3.8) is 0 Å². The van der Waals surface area contributed by atoms with Crippen molar-refractivity contribution in [1.82, 2.24) is 10.3 Å². The van der Waals surface area contributed by atoms with Crippen LogP contribution >= 0.6 is 0 Å². The van der Waals surface area contributed by atoms with Gasteiger partial charge in [0.15, 0.2) is 5.69 Å². The van der Waals surface area contributed by atoms with E-state index in [0.717, 1.165) is 5.56 Å². The van der Waals surface area contributed by atoms with Crippen LogP contribution in [0.5, 0.6) is 0 Å². The van der Waals surface area contributed by atoms with Crippen molar-refractivity contribution in [3.05, 3.63) is 46.5 Å². The van der Waals surface area contributed by atoms with Crippen LogP contribution in [0.4, 0.5) is 4.39 Å². The molecule has 1 aliphatic heterocycles. The predicted octanol–water partition coefficient (Wildman–Crippen LogP) is 2.31. The van der Waals surface area contributed by atoms with E-state index in [1.807, 2.05) is 0 Å². The molecule has 0 unspecified atom stereocenters. The minimum atomic E-state index is -2.93. The molecule has 0 atom stereocenters. The summed E-state index contributed by atoms with van der Waals surface area (Å²) >= 11 is 0. The second-order valence-electron chi connectivity index (χ2n) is 6.67. The maximum atomic E-state index is 13.4. The van der Waals surface area contributed by atoms with Crippen LogP contribution in [-0.4, -0.2) is 41.2 Å². The van der Waals surface area contributed by atoms with E-state index >= 15 is 0 Å². The Labute approximate surface area is 150 Å². The second-order valence-corrected chi connectivity index (χ2v) is 8.97. The van der Waals surface area contributed by atoms with Gasteiger partial charge in [0.1, 0.15) is 27.1 Å². The molecule has 140 valence electrons. The Bertz CT molecular complexity index is 910. The maximum Gasteiger partial charge on any atom is 0.156 e. The third-order valence-corrected chi connectivity index (χ3v) is 6.42. The molecule has 9 heteroatoms. The average molecular weight is 381 g/mol. The van der Waals surface area contributed by atoms with Crippen molar-refractivity contribution < 1.29 is 22.6 Å². The molecule has 0 radical (unpaired) electrons. The number of oxime groups is 1. The van der Waals surface area contributed by atoms with Crippen LogP contribution in [0.25, 0.3) is 0 Å². The van der Waals surface area contributed by atoms with Gasteiger partial charge in [-0.3, -0.25) is 0 Å². The Morgan fingerprint density at radius 1 is 1.35 bits per heavy atom. The van der Waals surface area contributed by atoms with Crippen molar-refractivity contribution in [2.75, 3.05) is 11.5 Å². The standard InChI is InChI=1S/C17H20FN3O4S/c1-11-8-13(2-3-14(11)18)10-15(19-22)17-16(20-25-21-17)9-12-4-6-26(23,24)7-5-12/h2-3,8,12,22H,4-7,9-10H2,1H3. The van der Waals surface area contributed by atoms with Crippen LogP contribution in [-0.2, 0) is 22.7 Å². The second kappa shape index (κ2) is 7.53. The van der Waals surface area contributed by atoms with Gasteiger partial charge in [0, 0.05) is 6.42 Å². The summed E-state index contributed by atoms with van der Waals surface area (Å²) < 4.78 is 41.3. The van der Waals surface area contributed by atoms with E-state index in [9.17, 15) is 18.0 Å². The molecule has 0 bridgehead atoms. The molecule has 1 saturated heterocycles. The molecule has 2 heterocycles. The number of aromatic nitrogens is 2. The van der Waals surface area contributed by atoms with Gasteiger partial charge in [-0.1, -0.05) is 22.4 Å². The molecule has 1 fully saturated rings. The first-order valence-corrected chi connectivity index (χ1v) is 10.2. The molecule has 0 spiro atoms. The number of halogens is 1. The summed E-state index contributed by atoms with van der Waals surface area (Å²) in [5.41, 5.74) is 2.44. The highest BCUT2D eigenvalue weighted by Crippen LogP contribution is 2.24. The number of nitrogens with zero attached hydrogens (tertiary/aromatic N) is 3. The van der Waals surface area contributed by atoms with E-state index in [2.05, 4.69) is 15.5 Å². The summed E-state index contributed by atoms with van der Waals surface area (Å²) in [6.07, 6.45) is 1.89. The highest BCUT2D eigenvalue weighted by Gasteiger charge is 2.27. The fraction of sp³-hybridized carbons (Fsp3) is 0.471. The van der Waals surface area contributed by atoms with Crippen molar-refractivity contribution >= 4 is 15.5 Å². The molecule has 1 aromatic carbocycles. The highest BCUT2D eigenvalue weighted by molar-refractivity contribution is 7.91. The molecular formula is C17H20FN3O4S. The zero-order chi connectivity index (χ0) is 18.7. The van der Waals surface area contributed by atoms with Gasteiger partial charge in [0.05, 0.1) is 11.5 Å². The Morgan fingerprint density at radius 3 is 2.73 bits per heavy atom. The van der Waals surface area contributed by atoms with E-state index in [-0.39, 0.29) is 35.4 Å². The Kier molecular flexibility index (Phi) is 5.36. The normalized spacial score (nSPS) is 18.2. The van der Waals surface area contributed by atoms with Gasteiger partial charge in [0.2, 0.25) is 0 Å². The first-order valence-electron chi connectivity index (χ1n) is 8.36. The summed E-state index contributed by atoms with van der Waals surface area (Å²) in [5.74, 6) is 0.215. The lowest BCUT2D eigenvalue weighted by molar-refractivity contribution is 0.298. The number of hydrogen-bond donors (Lipinski definition) is 1. The van der Waals surface area contributed by atoms with Crippen molar-refractivity contribution in [1.29, 1.82) is 0 Å². The molecule has 0 amide bonds. The van der Waals surface area contributed by atoms with Crippen molar-refractivity contribution in [2.24, 2.45) is 11.1 Å². The van der Waals surface area contributed by atoms with Crippen LogP contribution < -0.4 is 0 Å². The number of rotatable bonds is 5. The van der Waals surface area contributed by atoms with E-state index in [1.54, 1.807) is 19.1 Å². The summed E-state index contributed by atoms with van der Waals surface area (Å²) in [7, 11) is -2.93. The minimum Gasteiger partial charge on any atom is -0.411 e. The quantitative estimate of drug-likeness (QED) is 0.484. The number of benzene rings is 1. The van der Waals surface area contributed by atoms with E-state index in [0.29, 0.717) is 36.2 Å². The molecule has 1 aromatic heterocycles. The van der Waals surface area contributed by atoms with Gasteiger partial charge in [-0.05, 0) is 54.5 Å². The van der Waals surface area contributed by atoms with Gasteiger partial charge in [0.25, 0.3) is 0 Å². The van der Waals surface area contributed by atoms with Gasteiger partial charge < -0.3 is 5.21 Å².